The molecule has 0 spiro atoms. The summed E-state index contributed by atoms with van der Waals surface area (Å²) in [5, 5.41) is 0. The molecule has 3 heterocycles. The number of hydrogen-bond acceptors (Lipinski definition) is 4. The molecule has 7 rings (SSSR count). The molecular weight excluding hydrogens is 693 g/mol. The van der Waals surface area contributed by atoms with E-state index in [4.69, 9.17) is 0 Å². The first kappa shape index (κ1) is 29.6. The van der Waals surface area contributed by atoms with Crippen LogP contribution in [0.3, 0.4) is 0 Å². The normalized spacial score (nSPS) is 12.9. The van der Waals surface area contributed by atoms with Crippen LogP contribution >= 0.6 is 0 Å². The fourth-order valence-electron chi connectivity index (χ4n) is 5.69. The Hall–Kier alpha value is -3.92. The molecule has 2 aliphatic heterocycles. The van der Waals surface area contributed by atoms with E-state index in [0.717, 1.165) is 16.9 Å². The standard InChI is InChI=1S/C26H27N3.C11H8N.Ir/c1-17(2)19-10-8-11-20(18(3)4)25(19)29-16-28-22-13-7-6-12-21(22)27(5)23-14-9-15-24(29)26(23)28;1-2-6-10(7-3-1)11-8-4-5-9-12-11;/h6-12,14-18H,1-5H3;1-6,8-9H;/q-2;-1;+3. The van der Waals surface area contributed by atoms with Crippen LogP contribution in [-0.2, 0) is 20.1 Å². The number of fused-ring (bicyclic) bond motifs is 2. The molecule has 0 radical (unpaired) electrons. The number of pyridine rings is 1. The van der Waals surface area contributed by atoms with Gasteiger partial charge in [-0.25, -0.2) is 0 Å². The summed E-state index contributed by atoms with van der Waals surface area (Å²) in [5.41, 5.74) is 12.1. The second-order valence-electron chi connectivity index (χ2n) is 11.0. The summed E-state index contributed by atoms with van der Waals surface area (Å²) in [6.45, 7) is 11.4. The summed E-state index contributed by atoms with van der Waals surface area (Å²) >= 11 is 0. The first-order chi connectivity index (χ1) is 20.0. The Morgan fingerprint density at radius 3 is 1.98 bits per heavy atom. The van der Waals surface area contributed by atoms with Gasteiger partial charge >= 0.3 is 20.1 Å². The molecule has 2 aliphatic rings. The quantitative estimate of drug-likeness (QED) is 0.172. The van der Waals surface area contributed by atoms with Crippen molar-refractivity contribution in [2.45, 2.75) is 39.5 Å². The van der Waals surface area contributed by atoms with Crippen LogP contribution in [0.2, 0.25) is 0 Å². The minimum Gasteiger partial charge on any atom is -0.490 e. The van der Waals surface area contributed by atoms with E-state index in [1.54, 1.807) is 6.20 Å². The molecule has 42 heavy (non-hydrogen) atoms. The summed E-state index contributed by atoms with van der Waals surface area (Å²) in [7, 11) is 2.14. The maximum absolute atomic E-state index is 4.22. The van der Waals surface area contributed by atoms with Gasteiger partial charge in [-0.2, -0.15) is 18.2 Å². The smallest absolute Gasteiger partial charge is 0.490 e. The predicted octanol–water partition coefficient (Wildman–Crippen LogP) is 9.77. The van der Waals surface area contributed by atoms with Crippen molar-refractivity contribution in [2.75, 3.05) is 21.7 Å². The molecule has 0 atom stereocenters. The Bertz CT molecular complexity index is 1590. The van der Waals surface area contributed by atoms with Crippen LogP contribution in [0.1, 0.15) is 50.7 Å². The summed E-state index contributed by atoms with van der Waals surface area (Å²) in [5.74, 6) is 0.897. The summed E-state index contributed by atoms with van der Waals surface area (Å²) < 4.78 is 0. The average molecular weight is 728 g/mol. The van der Waals surface area contributed by atoms with Crippen molar-refractivity contribution in [3.8, 4) is 11.3 Å². The molecule has 212 valence electrons. The Kier molecular flexibility index (Phi) is 8.82. The van der Waals surface area contributed by atoms with Gasteiger partial charge in [-0.05, 0) is 59.6 Å². The maximum atomic E-state index is 4.22. The van der Waals surface area contributed by atoms with E-state index in [-0.39, 0.29) is 20.1 Å². The van der Waals surface area contributed by atoms with Gasteiger partial charge in [0.1, 0.15) is 0 Å². The number of aromatic nitrogens is 1. The van der Waals surface area contributed by atoms with Crippen LogP contribution in [0.25, 0.3) is 11.3 Å². The second-order valence-corrected chi connectivity index (χ2v) is 11.0. The van der Waals surface area contributed by atoms with Gasteiger partial charge in [0.2, 0.25) is 0 Å². The molecule has 5 heteroatoms. The molecule has 0 bridgehead atoms. The third kappa shape index (κ3) is 5.35. The molecule has 0 saturated heterocycles. The van der Waals surface area contributed by atoms with Crippen molar-refractivity contribution in [3.05, 3.63) is 133 Å². The topological polar surface area (TPSA) is 22.6 Å². The molecule has 4 nitrogen and oxygen atoms in total. The fourth-order valence-corrected chi connectivity index (χ4v) is 5.69. The van der Waals surface area contributed by atoms with Crippen molar-refractivity contribution in [3.63, 3.8) is 0 Å². The fraction of sp³-hybridized carbons (Fsp3) is 0.189. The molecular formula is C37H35IrN4. The second kappa shape index (κ2) is 12.5. The van der Waals surface area contributed by atoms with Crippen LogP contribution in [0.15, 0.2) is 103 Å². The third-order valence-corrected chi connectivity index (χ3v) is 7.73. The molecule has 1 aromatic heterocycles. The van der Waals surface area contributed by atoms with Crippen LogP contribution in [0, 0.1) is 18.8 Å². The molecule has 5 aromatic rings. The summed E-state index contributed by atoms with van der Waals surface area (Å²) in [6, 6.07) is 39.9. The molecule has 0 unspecified atom stereocenters. The maximum Gasteiger partial charge on any atom is 3.00 e. The minimum atomic E-state index is 0. The number of nitrogens with zero attached hydrogens (tertiary/aromatic N) is 4. The van der Waals surface area contributed by atoms with Gasteiger partial charge in [0.05, 0.1) is 11.4 Å². The van der Waals surface area contributed by atoms with E-state index in [1.807, 2.05) is 48.5 Å². The SMILES string of the molecule is CC(C)c1cccc(C(C)C)c1N1[CH-]N2c3[c-]cccc3N(C)c3cccc1c32.[Ir+3].[c-]1ccccc1-c1ccccn1. The van der Waals surface area contributed by atoms with Gasteiger partial charge in [-0.1, -0.05) is 69.8 Å². The van der Waals surface area contributed by atoms with Crippen molar-refractivity contribution in [2.24, 2.45) is 0 Å². The number of para-hydroxylation sites is 3. The van der Waals surface area contributed by atoms with E-state index < -0.39 is 0 Å². The average Bonchev–Trinajstić information content (AvgIpc) is 3.41. The van der Waals surface area contributed by atoms with Crippen LogP contribution in [-0.4, -0.2) is 12.0 Å². The van der Waals surface area contributed by atoms with Crippen molar-refractivity contribution in [1.29, 1.82) is 0 Å². The van der Waals surface area contributed by atoms with Crippen molar-refractivity contribution < 1.29 is 20.1 Å². The van der Waals surface area contributed by atoms with E-state index in [2.05, 4.69) is 122 Å². The Balaban J connectivity index is 0.000000228. The Labute approximate surface area is 264 Å². The van der Waals surface area contributed by atoms with Crippen LogP contribution in [0.4, 0.5) is 34.1 Å². The van der Waals surface area contributed by atoms with Gasteiger partial charge in [0.25, 0.3) is 0 Å². The van der Waals surface area contributed by atoms with E-state index >= 15 is 0 Å². The Morgan fingerprint density at radius 2 is 1.31 bits per heavy atom. The van der Waals surface area contributed by atoms with Crippen LogP contribution < -0.4 is 14.7 Å². The van der Waals surface area contributed by atoms with Crippen molar-refractivity contribution >= 4 is 34.1 Å². The number of hydrogen-bond donors (Lipinski definition) is 0. The molecule has 4 aromatic carbocycles. The zero-order chi connectivity index (χ0) is 28.5. The van der Waals surface area contributed by atoms with Crippen molar-refractivity contribution in [1.82, 2.24) is 4.98 Å². The van der Waals surface area contributed by atoms with E-state index in [0.29, 0.717) is 11.8 Å². The van der Waals surface area contributed by atoms with E-state index in [1.165, 1.54) is 39.6 Å². The summed E-state index contributed by atoms with van der Waals surface area (Å²) in [6.07, 6.45) is 1.79. The third-order valence-electron chi connectivity index (χ3n) is 7.73. The Morgan fingerprint density at radius 1 is 0.643 bits per heavy atom. The van der Waals surface area contributed by atoms with Gasteiger partial charge in [-0.15, -0.1) is 48.6 Å². The molecule has 0 aliphatic carbocycles. The zero-order valence-corrected chi connectivity index (χ0v) is 27.1. The number of benzene rings is 4. The largest absolute Gasteiger partial charge is 3.00 e. The van der Waals surface area contributed by atoms with Gasteiger partial charge in [0.15, 0.2) is 0 Å². The van der Waals surface area contributed by atoms with Gasteiger partial charge in [-0.3, -0.25) is 0 Å². The molecule has 0 fully saturated rings. The summed E-state index contributed by atoms with van der Waals surface area (Å²) in [4.78, 5) is 11.2. The predicted molar refractivity (Wildman–Crippen MR) is 171 cm³/mol. The number of rotatable bonds is 4. The molecule has 0 saturated carbocycles. The monoisotopic (exact) mass is 728 g/mol. The van der Waals surface area contributed by atoms with Gasteiger partial charge < -0.3 is 19.7 Å². The number of anilines is 6. The zero-order valence-electron chi connectivity index (χ0n) is 24.7. The first-order valence-electron chi connectivity index (χ1n) is 14.3. The van der Waals surface area contributed by atoms with E-state index in [9.17, 15) is 0 Å². The molecule has 0 amide bonds. The van der Waals surface area contributed by atoms with Gasteiger partial charge in [0, 0.05) is 17.6 Å². The molecule has 0 N–H and O–H groups in total. The van der Waals surface area contributed by atoms with Crippen LogP contribution in [0.5, 0.6) is 0 Å². The first-order valence-corrected chi connectivity index (χ1v) is 14.3. The minimum absolute atomic E-state index is 0.